The molecule has 1 aliphatic carbocycles. The molecule has 4 nitrogen and oxygen atoms in total. The van der Waals surface area contributed by atoms with Gasteiger partial charge in [0.15, 0.2) is 0 Å². The molecule has 1 heterocycles. The summed E-state index contributed by atoms with van der Waals surface area (Å²) in [5.41, 5.74) is 1.32. The summed E-state index contributed by atoms with van der Waals surface area (Å²) in [4.78, 5) is 2.45. The molecule has 0 amide bonds. The second kappa shape index (κ2) is 7.86. The van der Waals surface area contributed by atoms with Crippen molar-refractivity contribution in [2.24, 2.45) is 5.92 Å². The first kappa shape index (κ1) is 18.1. The molecule has 1 aromatic rings. The Morgan fingerprint density at radius 1 is 1.24 bits per heavy atom. The molecule has 0 unspecified atom stereocenters. The first-order valence-electron chi connectivity index (χ1n) is 6.98. The first-order valence-corrected chi connectivity index (χ1v) is 6.98. The Hall–Kier alpha value is -0.990. The van der Waals surface area contributed by atoms with Gasteiger partial charge in [-0.2, -0.15) is 5.26 Å². The molecular formula is C15H21Cl2N3O. The van der Waals surface area contributed by atoms with Crippen LogP contribution in [0.15, 0.2) is 18.2 Å². The Balaban J connectivity index is 0.00000110. The molecule has 2 aliphatic rings. The number of nitriles is 1. The molecular weight excluding hydrogens is 309 g/mol. The van der Waals surface area contributed by atoms with Gasteiger partial charge in [-0.3, -0.25) is 4.90 Å². The summed E-state index contributed by atoms with van der Waals surface area (Å²) < 4.78 is 0. The fourth-order valence-corrected chi connectivity index (χ4v) is 3.01. The van der Waals surface area contributed by atoms with Gasteiger partial charge in [-0.1, -0.05) is 12.1 Å². The molecule has 6 heteroatoms. The Morgan fingerprint density at radius 3 is 2.48 bits per heavy atom. The van der Waals surface area contributed by atoms with Crippen LogP contribution in [0.5, 0.6) is 5.75 Å². The fraction of sp³-hybridized carbons (Fsp3) is 0.533. The van der Waals surface area contributed by atoms with E-state index < -0.39 is 0 Å². The second-order valence-corrected chi connectivity index (χ2v) is 5.42. The minimum Gasteiger partial charge on any atom is -0.506 e. The van der Waals surface area contributed by atoms with Crippen LogP contribution in [0, 0.1) is 17.2 Å². The van der Waals surface area contributed by atoms with Crippen molar-refractivity contribution >= 4 is 24.8 Å². The number of benzene rings is 1. The van der Waals surface area contributed by atoms with Crippen LogP contribution in [0.3, 0.4) is 0 Å². The number of para-hydroxylation sites is 1. The Kier molecular flexibility index (Phi) is 6.76. The smallest absolute Gasteiger partial charge is 0.138 e. The zero-order valence-corrected chi connectivity index (χ0v) is 13.4. The van der Waals surface area contributed by atoms with Crippen molar-refractivity contribution in [3.05, 3.63) is 29.3 Å². The largest absolute Gasteiger partial charge is 0.506 e. The highest BCUT2D eigenvalue weighted by molar-refractivity contribution is 5.85. The molecule has 0 bridgehead atoms. The normalized spacial score (nSPS) is 19.8. The Labute approximate surface area is 138 Å². The van der Waals surface area contributed by atoms with Gasteiger partial charge in [-0.15, -0.1) is 24.8 Å². The summed E-state index contributed by atoms with van der Waals surface area (Å²) >= 11 is 0. The van der Waals surface area contributed by atoms with Crippen LogP contribution in [0.4, 0.5) is 0 Å². The van der Waals surface area contributed by atoms with Gasteiger partial charge < -0.3 is 10.4 Å². The monoisotopic (exact) mass is 329 g/mol. The third kappa shape index (κ3) is 3.81. The molecule has 1 aromatic carbocycles. The minimum absolute atomic E-state index is 0. The average Bonchev–Trinajstić information content (AvgIpc) is 3.27. The van der Waals surface area contributed by atoms with Crippen molar-refractivity contribution in [2.75, 3.05) is 26.2 Å². The van der Waals surface area contributed by atoms with E-state index >= 15 is 0 Å². The fourth-order valence-electron chi connectivity index (χ4n) is 3.01. The second-order valence-electron chi connectivity index (χ2n) is 5.42. The molecule has 2 fully saturated rings. The summed E-state index contributed by atoms with van der Waals surface area (Å²) in [5.74, 6) is 0.818. The van der Waals surface area contributed by atoms with Crippen molar-refractivity contribution < 1.29 is 5.11 Å². The summed E-state index contributed by atoms with van der Waals surface area (Å²) in [7, 11) is 0. The lowest BCUT2D eigenvalue weighted by Gasteiger charge is -2.35. The van der Waals surface area contributed by atoms with Crippen LogP contribution >= 0.6 is 24.8 Å². The van der Waals surface area contributed by atoms with Crippen LogP contribution in [-0.2, 0) is 0 Å². The molecule has 0 radical (unpaired) electrons. The number of halogens is 2. The molecule has 0 spiro atoms. The van der Waals surface area contributed by atoms with Crippen LogP contribution in [-0.4, -0.2) is 36.2 Å². The van der Waals surface area contributed by atoms with Crippen LogP contribution < -0.4 is 5.32 Å². The van der Waals surface area contributed by atoms with Crippen molar-refractivity contribution in [1.29, 1.82) is 5.26 Å². The molecule has 1 aliphatic heterocycles. The number of aromatic hydroxyl groups is 1. The van der Waals surface area contributed by atoms with Crippen molar-refractivity contribution in [3.63, 3.8) is 0 Å². The molecule has 1 saturated carbocycles. The lowest BCUT2D eigenvalue weighted by molar-refractivity contribution is 0.153. The number of rotatable bonds is 3. The zero-order chi connectivity index (χ0) is 13.2. The van der Waals surface area contributed by atoms with Gasteiger partial charge in [0.25, 0.3) is 0 Å². The quantitative estimate of drug-likeness (QED) is 0.894. The topological polar surface area (TPSA) is 59.3 Å². The number of phenolic OH excluding ortho intramolecular Hbond substituents is 1. The number of nitrogens with one attached hydrogen (secondary N) is 1. The predicted octanol–water partition coefficient (Wildman–Crippen LogP) is 2.46. The van der Waals surface area contributed by atoms with Crippen LogP contribution in [0.2, 0.25) is 0 Å². The minimum atomic E-state index is 0. The van der Waals surface area contributed by atoms with Gasteiger partial charge in [-0.05, 0) is 24.8 Å². The van der Waals surface area contributed by atoms with E-state index in [9.17, 15) is 5.11 Å². The van der Waals surface area contributed by atoms with Gasteiger partial charge in [0.2, 0.25) is 0 Å². The molecule has 3 rings (SSSR count). The highest BCUT2D eigenvalue weighted by atomic mass is 35.5. The zero-order valence-electron chi connectivity index (χ0n) is 11.8. The summed E-state index contributed by atoms with van der Waals surface area (Å²) in [6.07, 6.45) is 2.45. The van der Waals surface area contributed by atoms with Gasteiger partial charge in [-0.25, -0.2) is 0 Å². The molecule has 1 saturated heterocycles. The van der Waals surface area contributed by atoms with E-state index in [1.54, 1.807) is 6.07 Å². The summed E-state index contributed by atoms with van der Waals surface area (Å²) in [6, 6.07) is 7.88. The highest BCUT2D eigenvalue weighted by Crippen LogP contribution is 2.47. The molecule has 21 heavy (non-hydrogen) atoms. The van der Waals surface area contributed by atoms with Crippen LogP contribution in [0.1, 0.15) is 30.0 Å². The molecule has 1 atom stereocenters. The van der Waals surface area contributed by atoms with E-state index in [2.05, 4.69) is 16.3 Å². The molecule has 116 valence electrons. The van der Waals surface area contributed by atoms with Gasteiger partial charge in [0, 0.05) is 37.8 Å². The van der Waals surface area contributed by atoms with E-state index in [4.69, 9.17) is 5.26 Å². The number of piperazine rings is 1. The van der Waals surface area contributed by atoms with E-state index in [0.717, 1.165) is 31.7 Å². The van der Waals surface area contributed by atoms with E-state index in [-0.39, 0.29) is 36.6 Å². The predicted molar refractivity (Wildman–Crippen MR) is 87.2 cm³/mol. The Bertz CT molecular complexity index is 508. The number of nitrogens with zero attached hydrogens (tertiary/aromatic N) is 2. The standard InChI is InChI=1S/C15H19N3O.2ClH/c16-10-12-2-1-3-13(15(12)19)14(11-4-5-11)18-8-6-17-7-9-18;;/h1-3,11,14,17,19H,4-9H2;2*1H/t14-;;/m0../s1. The van der Waals surface area contributed by atoms with Crippen molar-refractivity contribution in [2.45, 2.75) is 18.9 Å². The maximum atomic E-state index is 10.3. The average molecular weight is 330 g/mol. The maximum Gasteiger partial charge on any atom is 0.138 e. The summed E-state index contributed by atoms with van der Waals surface area (Å²) in [5, 5.41) is 22.7. The third-order valence-electron chi connectivity index (χ3n) is 4.12. The lowest BCUT2D eigenvalue weighted by atomic mass is 9.96. The van der Waals surface area contributed by atoms with Gasteiger partial charge in [0.05, 0.1) is 5.56 Å². The van der Waals surface area contributed by atoms with Gasteiger partial charge in [0.1, 0.15) is 11.8 Å². The van der Waals surface area contributed by atoms with Gasteiger partial charge >= 0.3 is 0 Å². The van der Waals surface area contributed by atoms with E-state index in [0.29, 0.717) is 11.5 Å². The number of phenols is 1. The number of hydrogen-bond acceptors (Lipinski definition) is 4. The van der Waals surface area contributed by atoms with Crippen molar-refractivity contribution in [3.8, 4) is 11.8 Å². The summed E-state index contributed by atoms with van der Waals surface area (Å²) in [6.45, 7) is 4.03. The van der Waals surface area contributed by atoms with E-state index in [1.165, 1.54) is 12.8 Å². The number of hydrogen-bond donors (Lipinski definition) is 2. The SMILES string of the molecule is Cl.Cl.N#Cc1cccc([C@H](C2CC2)N2CCNCC2)c1O. The molecule has 2 N–H and O–H groups in total. The van der Waals surface area contributed by atoms with Crippen molar-refractivity contribution in [1.82, 2.24) is 10.2 Å². The third-order valence-corrected chi connectivity index (χ3v) is 4.12. The van der Waals surface area contributed by atoms with E-state index in [1.807, 2.05) is 12.1 Å². The first-order chi connectivity index (χ1) is 9.31. The maximum absolute atomic E-state index is 10.3. The molecule has 0 aromatic heterocycles. The van der Waals surface area contributed by atoms with Crippen LogP contribution in [0.25, 0.3) is 0 Å². The highest BCUT2D eigenvalue weighted by Gasteiger charge is 2.38. The lowest BCUT2D eigenvalue weighted by Crippen LogP contribution is -2.45. The Morgan fingerprint density at radius 2 is 1.90 bits per heavy atom.